The standard InChI is InChI=1S/C11H9N5OS/c12-11-15-9(5-18-11)10(17)14-7-1-2-8-6(3-7)4-13-16-8/h1-5H,(H2,12,15)(H,13,16)(H,14,17). The molecule has 0 fully saturated rings. The Kier molecular flexibility index (Phi) is 2.45. The van der Waals surface area contributed by atoms with Crippen LogP contribution in [-0.2, 0) is 0 Å². The Bertz CT molecular complexity index is 717. The molecule has 0 aliphatic carbocycles. The van der Waals surface area contributed by atoms with E-state index in [1.807, 2.05) is 12.1 Å². The van der Waals surface area contributed by atoms with Gasteiger partial charge in [0.25, 0.3) is 5.91 Å². The normalized spacial score (nSPS) is 10.7. The van der Waals surface area contributed by atoms with Crippen LogP contribution in [0.2, 0.25) is 0 Å². The molecule has 0 saturated heterocycles. The largest absolute Gasteiger partial charge is 0.375 e. The first-order valence-electron chi connectivity index (χ1n) is 5.18. The van der Waals surface area contributed by atoms with Gasteiger partial charge < -0.3 is 11.1 Å². The van der Waals surface area contributed by atoms with E-state index >= 15 is 0 Å². The highest BCUT2D eigenvalue weighted by Crippen LogP contribution is 2.18. The first-order valence-corrected chi connectivity index (χ1v) is 6.06. The van der Waals surface area contributed by atoms with Gasteiger partial charge in [-0.2, -0.15) is 5.10 Å². The second-order valence-electron chi connectivity index (χ2n) is 3.70. The number of nitrogens with two attached hydrogens (primary N) is 1. The summed E-state index contributed by atoms with van der Waals surface area (Å²) in [5.41, 5.74) is 7.43. The lowest BCUT2D eigenvalue weighted by molar-refractivity contribution is 0.102. The lowest BCUT2D eigenvalue weighted by Gasteiger charge is -2.02. The van der Waals surface area contributed by atoms with Gasteiger partial charge in [-0.1, -0.05) is 0 Å². The summed E-state index contributed by atoms with van der Waals surface area (Å²) in [6.45, 7) is 0. The first kappa shape index (κ1) is 10.7. The van der Waals surface area contributed by atoms with Crippen LogP contribution < -0.4 is 11.1 Å². The van der Waals surface area contributed by atoms with E-state index in [1.54, 1.807) is 17.6 Å². The van der Waals surface area contributed by atoms with Crippen molar-refractivity contribution < 1.29 is 4.79 Å². The van der Waals surface area contributed by atoms with Crippen molar-refractivity contribution in [3.63, 3.8) is 0 Å². The fourth-order valence-electron chi connectivity index (χ4n) is 1.61. The minimum Gasteiger partial charge on any atom is -0.375 e. The number of carbonyl (C=O) groups is 1. The number of nitrogens with one attached hydrogen (secondary N) is 2. The molecule has 0 spiro atoms. The monoisotopic (exact) mass is 259 g/mol. The number of benzene rings is 1. The molecule has 0 atom stereocenters. The van der Waals surface area contributed by atoms with Gasteiger partial charge in [0.2, 0.25) is 0 Å². The van der Waals surface area contributed by atoms with Crippen molar-refractivity contribution in [2.45, 2.75) is 0 Å². The van der Waals surface area contributed by atoms with Crippen molar-refractivity contribution in [2.24, 2.45) is 0 Å². The summed E-state index contributed by atoms with van der Waals surface area (Å²) >= 11 is 1.24. The van der Waals surface area contributed by atoms with Crippen LogP contribution in [-0.4, -0.2) is 21.1 Å². The highest BCUT2D eigenvalue weighted by molar-refractivity contribution is 7.13. The molecular formula is C11H9N5OS. The van der Waals surface area contributed by atoms with Crippen LogP contribution in [0.5, 0.6) is 0 Å². The molecule has 0 aliphatic rings. The van der Waals surface area contributed by atoms with E-state index in [1.165, 1.54) is 11.3 Å². The van der Waals surface area contributed by atoms with Gasteiger partial charge in [-0.3, -0.25) is 9.89 Å². The summed E-state index contributed by atoms with van der Waals surface area (Å²) in [5, 5.41) is 12.5. The molecule has 2 heterocycles. The van der Waals surface area contributed by atoms with Crippen LogP contribution in [0.25, 0.3) is 10.9 Å². The molecule has 0 bridgehead atoms. The zero-order valence-corrected chi connectivity index (χ0v) is 9.99. The van der Waals surface area contributed by atoms with Crippen molar-refractivity contribution >= 4 is 39.0 Å². The maximum Gasteiger partial charge on any atom is 0.275 e. The quantitative estimate of drug-likeness (QED) is 0.654. The Morgan fingerprint density at radius 1 is 1.44 bits per heavy atom. The molecule has 0 aliphatic heterocycles. The van der Waals surface area contributed by atoms with E-state index in [2.05, 4.69) is 20.5 Å². The smallest absolute Gasteiger partial charge is 0.275 e. The van der Waals surface area contributed by atoms with Crippen LogP contribution >= 0.6 is 11.3 Å². The number of aromatic amines is 1. The Labute approximate surface area is 106 Å². The predicted octanol–water partition coefficient (Wildman–Crippen LogP) is 1.85. The molecule has 1 aromatic carbocycles. The minimum absolute atomic E-state index is 0.272. The second kappa shape index (κ2) is 4.11. The third kappa shape index (κ3) is 1.91. The van der Waals surface area contributed by atoms with Gasteiger partial charge in [-0.25, -0.2) is 4.98 Å². The number of amides is 1. The van der Waals surface area contributed by atoms with Crippen molar-refractivity contribution in [3.8, 4) is 0 Å². The van der Waals surface area contributed by atoms with E-state index in [9.17, 15) is 4.79 Å². The van der Waals surface area contributed by atoms with E-state index in [0.717, 1.165) is 10.9 Å². The van der Waals surface area contributed by atoms with Crippen LogP contribution in [0.1, 0.15) is 10.5 Å². The molecule has 18 heavy (non-hydrogen) atoms. The number of rotatable bonds is 2. The molecule has 0 unspecified atom stereocenters. The van der Waals surface area contributed by atoms with Gasteiger partial charge in [0.15, 0.2) is 5.13 Å². The topological polar surface area (TPSA) is 96.7 Å². The SMILES string of the molecule is Nc1nc(C(=O)Nc2ccc3[nH]ncc3c2)cs1. The number of aromatic nitrogens is 3. The van der Waals surface area contributed by atoms with Gasteiger partial charge >= 0.3 is 0 Å². The van der Waals surface area contributed by atoms with E-state index in [-0.39, 0.29) is 5.91 Å². The summed E-state index contributed by atoms with van der Waals surface area (Å²) in [7, 11) is 0. The van der Waals surface area contributed by atoms with Gasteiger partial charge in [0, 0.05) is 16.5 Å². The maximum atomic E-state index is 11.9. The minimum atomic E-state index is -0.272. The zero-order chi connectivity index (χ0) is 12.5. The van der Waals surface area contributed by atoms with Crippen molar-refractivity contribution in [1.29, 1.82) is 0 Å². The highest BCUT2D eigenvalue weighted by Gasteiger charge is 2.10. The Morgan fingerprint density at radius 3 is 3.11 bits per heavy atom. The Hall–Kier alpha value is -2.41. The predicted molar refractivity (Wildman–Crippen MR) is 70.6 cm³/mol. The van der Waals surface area contributed by atoms with E-state index < -0.39 is 0 Å². The summed E-state index contributed by atoms with van der Waals surface area (Å²) in [5.74, 6) is -0.272. The van der Waals surface area contributed by atoms with E-state index in [0.29, 0.717) is 16.5 Å². The molecular weight excluding hydrogens is 250 g/mol. The molecule has 7 heteroatoms. The van der Waals surface area contributed by atoms with Crippen LogP contribution in [0.4, 0.5) is 10.8 Å². The molecule has 3 aromatic rings. The third-order valence-corrected chi connectivity index (χ3v) is 3.13. The molecule has 3 rings (SSSR count). The number of carbonyl (C=O) groups excluding carboxylic acids is 1. The summed E-state index contributed by atoms with van der Waals surface area (Å²) < 4.78 is 0. The molecule has 0 radical (unpaired) electrons. The lowest BCUT2D eigenvalue weighted by Crippen LogP contribution is -2.12. The molecule has 90 valence electrons. The van der Waals surface area contributed by atoms with Crippen molar-refractivity contribution in [3.05, 3.63) is 35.5 Å². The van der Waals surface area contributed by atoms with Gasteiger partial charge in [0.05, 0.1) is 11.7 Å². The number of hydrogen-bond donors (Lipinski definition) is 3. The highest BCUT2D eigenvalue weighted by atomic mass is 32.1. The number of nitrogens with zero attached hydrogens (tertiary/aromatic N) is 2. The summed E-state index contributed by atoms with van der Waals surface area (Å²) in [4.78, 5) is 15.8. The zero-order valence-electron chi connectivity index (χ0n) is 9.18. The number of H-pyrrole nitrogens is 1. The average Bonchev–Trinajstić information content (AvgIpc) is 2.96. The van der Waals surface area contributed by atoms with Crippen molar-refractivity contribution in [1.82, 2.24) is 15.2 Å². The lowest BCUT2D eigenvalue weighted by atomic mass is 10.2. The van der Waals surface area contributed by atoms with Gasteiger partial charge in [0.1, 0.15) is 5.69 Å². The number of anilines is 2. The Morgan fingerprint density at radius 2 is 2.33 bits per heavy atom. The molecule has 2 aromatic heterocycles. The summed E-state index contributed by atoms with van der Waals surface area (Å²) in [6, 6.07) is 5.49. The number of nitrogen functional groups attached to an aromatic ring is 1. The first-order chi connectivity index (χ1) is 8.72. The van der Waals surface area contributed by atoms with Crippen LogP contribution in [0, 0.1) is 0 Å². The van der Waals surface area contributed by atoms with Crippen molar-refractivity contribution in [2.75, 3.05) is 11.1 Å². The molecule has 0 saturated carbocycles. The fourth-order valence-corrected chi connectivity index (χ4v) is 2.15. The fraction of sp³-hybridized carbons (Fsp3) is 0. The maximum absolute atomic E-state index is 11.9. The summed E-state index contributed by atoms with van der Waals surface area (Å²) in [6.07, 6.45) is 1.70. The number of hydrogen-bond acceptors (Lipinski definition) is 5. The van der Waals surface area contributed by atoms with Gasteiger partial charge in [-0.05, 0) is 18.2 Å². The third-order valence-electron chi connectivity index (χ3n) is 2.45. The molecule has 6 nitrogen and oxygen atoms in total. The molecule has 4 N–H and O–H groups in total. The van der Waals surface area contributed by atoms with Crippen LogP contribution in [0.3, 0.4) is 0 Å². The molecule has 1 amide bonds. The number of fused-ring (bicyclic) bond motifs is 1. The second-order valence-corrected chi connectivity index (χ2v) is 4.59. The Balaban J connectivity index is 1.85. The van der Waals surface area contributed by atoms with Crippen LogP contribution in [0.15, 0.2) is 29.8 Å². The average molecular weight is 259 g/mol. The van der Waals surface area contributed by atoms with Gasteiger partial charge in [-0.15, -0.1) is 11.3 Å². The number of thiazole rings is 1. The van der Waals surface area contributed by atoms with E-state index in [4.69, 9.17) is 5.73 Å².